The number of rotatable bonds is 2. The van der Waals surface area contributed by atoms with Gasteiger partial charge in [0.25, 0.3) is 0 Å². The van der Waals surface area contributed by atoms with E-state index < -0.39 is 0 Å². The highest BCUT2D eigenvalue weighted by atomic mass is 15.3. The van der Waals surface area contributed by atoms with Gasteiger partial charge in [-0.1, -0.05) is 42.5 Å². The van der Waals surface area contributed by atoms with Gasteiger partial charge < -0.3 is 5.84 Å². The monoisotopic (exact) mass is 286 g/mol. The molecule has 0 saturated carbocycles. The Morgan fingerprint density at radius 3 is 2.23 bits per heavy atom. The zero-order valence-electron chi connectivity index (χ0n) is 11.8. The molecule has 0 bridgehead atoms. The Balaban J connectivity index is 1.78. The van der Waals surface area contributed by atoms with Crippen LogP contribution in [0.5, 0.6) is 0 Å². The molecule has 0 aliphatic carbocycles. The van der Waals surface area contributed by atoms with Crippen molar-refractivity contribution in [2.75, 3.05) is 5.84 Å². The van der Waals surface area contributed by atoms with Gasteiger partial charge in [-0.15, -0.1) is 0 Å². The fourth-order valence-electron chi connectivity index (χ4n) is 2.57. The van der Waals surface area contributed by atoms with Crippen LogP contribution in [0.2, 0.25) is 0 Å². The minimum Gasteiger partial charge on any atom is -0.337 e. The van der Waals surface area contributed by atoms with Gasteiger partial charge in [-0.25, -0.2) is 9.66 Å². The summed E-state index contributed by atoms with van der Waals surface area (Å²) in [7, 11) is 0. The number of pyridine rings is 1. The average molecular weight is 286 g/mol. The van der Waals surface area contributed by atoms with E-state index in [0.717, 1.165) is 33.7 Å². The molecule has 2 aromatic carbocycles. The van der Waals surface area contributed by atoms with Gasteiger partial charge in [-0.3, -0.25) is 4.98 Å². The molecule has 4 rings (SSSR count). The maximum absolute atomic E-state index is 6.16. The third-order valence-corrected chi connectivity index (χ3v) is 3.70. The van der Waals surface area contributed by atoms with Gasteiger partial charge >= 0.3 is 0 Å². The zero-order valence-corrected chi connectivity index (χ0v) is 11.8. The maximum Gasteiger partial charge on any atom is 0.159 e. The standard InChI is InChI=1S/C18H14N4/c19-22-17-7-2-1-6-16(17)21-18(22)14-10-8-13(9-11-14)15-5-3-4-12-20-15/h1-12H,19H2. The first kappa shape index (κ1) is 12.6. The van der Waals surface area contributed by atoms with Crippen LogP contribution in [-0.2, 0) is 0 Å². The van der Waals surface area contributed by atoms with Crippen molar-refractivity contribution in [1.29, 1.82) is 0 Å². The Morgan fingerprint density at radius 1 is 0.773 bits per heavy atom. The molecule has 106 valence electrons. The number of benzene rings is 2. The summed E-state index contributed by atoms with van der Waals surface area (Å²) >= 11 is 0. The summed E-state index contributed by atoms with van der Waals surface area (Å²) in [5.74, 6) is 6.92. The molecule has 4 heteroatoms. The normalized spacial score (nSPS) is 10.9. The van der Waals surface area contributed by atoms with Crippen molar-refractivity contribution in [2.24, 2.45) is 0 Å². The van der Waals surface area contributed by atoms with Crippen LogP contribution < -0.4 is 5.84 Å². The Bertz CT molecular complexity index is 924. The lowest BCUT2D eigenvalue weighted by atomic mass is 10.1. The van der Waals surface area contributed by atoms with Crippen LogP contribution in [0.1, 0.15) is 0 Å². The minimum absolute atomic E-state index is 0.758. The fourth-order valence-corrected chi connectivity index (χ4v) is 2.57. The van der Waals surface area contributed by atoms with E-state index in [1.807, 2.05) is 66.7 Å². The Hall–Kier alpha value is -3.14. The van der Waals surface area contributed by atoms with E-state index in [9.17, 15) is 0 Å². The molecule has 0 unspecified atom stereocenters. The van der Waals surface area contributed by atoms with Crippen molar-refractivity contribution in [1.82, 2.24) is 14.6 Å². The summed E-state index contributed by atoms with van der Waals surface area (Å²) in [6.07, 6.45) is 1.79. The lowest BCUT2D eigenvalue weighted by Crippen LogP contribution is -2.09. The summed E-state index contributed by atoms with van der Waals surface area (Å²) in [4.78, 5) is 8.97. The van der Waals surface area contributed by atoms with E-state index in [0.29, 0.717) is 0 Å². The van der Waals surface area contributed by atoms with E-state index in [2.05, 4.69) is 9.97 Å². The number of hydrogen-bond acceptors (Lipinski definition) is 3. The molecular formula is C18H14N4. The summed E-state index contributed by atoms with van der Waals surface area (Å²) in [5, 5.41) is 0. The van der Waals surface area contributed by atoms with Gasteiger partial charge in [0.1, 0.15) is 0 Å². The molecule has 0 amide bonds. The van der Waals surface area contributed by atoms with E-state index in [-0.39, 0.29) is 0 Å². The largest absolute Gasteiger partial charge is 0.337 e. The van der Waals surface area contributed by atoms with Crippen molar-refractivity contribution in [2.45, 2.75) is 0 Å². The number of aromatic nitrogens is 3. The maximum atomic E-state index is 6.16. The van der Waals surface area contributed by atoms with Crippen LogP contribution in [0.25, 0.3) is 33.7 Å². The summed E-state index contributed by atoms with van der Waals surface area (Å²) in [6, 6.07) is 21.9. The summed E-state index contributed by atoms with van der Waals surface area (Å²) < 4.78 is 1.63. The van der Waals surface area contributed by atoms with Crippen molar-refractivity contribution in [3.8, 4) is 22.6 Å². The Labute approximate surface area is 127 Å². The van der Waals surface area contributed by atoms with Crippen LogP contribution in [0.15, 0.2) is 72.9 Å². The lowest BCUT2D eigenvalue weighted by Gasteiger charge is -2.04. The van der Waals surface area contributed by atoms with E-state index in [1.165, 1.54) is 0 Å². The predicted octanol–water partition coefficient (Wildman–Crippen LogP) is 3.48. The quantitative estimate of drug-likeness (QED) is 0.574. The van der Waals surface area contributed by atoms with Crippen molar-refractivity contribution in [3.05, 3.63) is 72.9 Å². The zero-order chi connectivity index (χ0) is 14.9. The second-order valence-corrected chi connectivity index (χ2v) is 5.09. The second-order valence-electron chi connectivity index (χ2n) is 5.09. The molecule has 0 atom stereocenters. The van der Waals surface area contributed by atoms with Gasteiger partial charge in [-0.05, 0) is 24.3 Å². The van der Waals surface area contributed by atoms with Crippen LogP contribution >= 0.6 is 0 Å². The third kappa shape index (κ3) is 2.02. The lowest BCUT2D eigenvalue weighted by molar-refractivity contribution is 1.05. The molecule has 4 nitrogen and oxygen atoms in total. The number of fused-ring (bicyclic) bond motifs is 1. The number of imidazole rings is 1. The van der Waals surface area contributed by atoms with E-state index in [4.69, 9.17) is 5.84 Å². The highest BCUT2D eigenvalue weighted by Crippen LogP contribution is 2.25. The first-order valence-electron chi connectivity index (χ1n) is 7.07. The highest BCUT2D eigenvalue weighted by Gasteiger charge is 2.10. The molecule has 22 heavy (non-hydrogen) atoms. The SMILES string of the molecule is Nn1c(-c2ccc(-c3ccccn3)cc2)nc2ccccc21. The van der Waals surface area contributed by atoms with Gasteiger partial charge in [0, 0.05) is 17.3 Å². The second kappa shape index (κ2) is 5.00. The van der Waals surface area contributed by atoms with Crippen molar-refractivity contribution >= 4 is 11.0 Å². The van der Waals surface area contributed by atoms with Crippen molar-refractivity contribution in [3.63, 3.8) is 0 Å². The molecule has 4 aromatic rings. The minimum atomic E-state index is 0.758. The van der Waals surface area contributed by atoms with Crippen LogP contribution in [0.4, 0.5) is 0 Å². The predicted molar refractivity (Wildman–Crippen MR) is 88.6 cm³/mol. The number of nitrogens with two attached hydrogens (primary N) is 1. The molecule has 2 heterocycles. The Kier molecular flexibility index (Phi) is 2.86. The van der Waals surface area contributed by atoms with Crippen molar-refractivity contribution < 1.29 is 0 Å². The highest BCUT2D eigenvalue weighted by molar-refractivity contribution is 5.81. The van der Waals surface area contributed by atoms with E-state index >= 15 is 0 Å². The topological polar surface area (TPSA) is 56.7 Å². The molecule has 0 aliphatic heterocycles. The first-order valence-corrected chi connectivity index (χ1v) is 7.07. The van der Waals surface area contributed by atoms with E-state index in [1.54, 1.807) is 10.9 Å². The number of nitrogens with zero attached hydrogens (tertiary/aromatic N) is 3. The Morgan fingerprint density at radius 2 is 1.50 bits per heavy atom. The number of para-hydroxylation sites is 2. The molecular weight excluding hydrogens is 272 g/mol. The molecule has 0 fully saturated rings. The summed E-state index contributed by atoms with van der Waals surface area (Å²) in [5.41, 5.74) is 4.83. The smallest absolute Gasteiger partial charge is 0.159 e. The van der Waals surface area contributed by atoms with Gasteiger partial charge in [0.2, 0.25) is 0 Å². The van der Waals surface area contributed by atoms with Gasteiger partial charge in [0.15, 0.2) is 5.82 Å². The first-order chi connectivity index (χ1) is 10.8. The third-order valence-electron chi connectivity index (χ3n) is 3.70. The molecule has 0 saturated heterocycles. The molecule has 0 radical (unpaired) electrons. The van der Waals surface area contributed by atoms with Gasteiger partial charge in [0.05, 0.1) is 16.7 Å². The van der Waals surface area contributed by atoms with Crippen LogP contribution in [-0.4, -0.2) is 14.6 Å². The molecule has 0 aliphatic rings. The summed E-state index contributed by atoms with van der Waals surface area (Å²) in [6.45, 7) is 0. The molecule has 2 N–H and O–H groups in total. The van der Waals surface area contributed by atoms with Crippen LogP contribution in [0.3, 0.4) is 0 Å². The number of nitrogen functional groups attached to an aromatic ring is 1. The fraction of sp³-hybridized carbons (Fsp3) is 0. The molecule has 2 aromatic heterocycles. The molecule has 0 spiro atoms. The van der Waals surface area contributed by atoms with Gasteiger partial charge in [-0.2, -0.15) is 0 Å². The van der Waals surface area contributed by atoms with Crippen LogP contribution in [0, 0.1) is 0 Å². The number of hydrogen-bond donors (Lipinski definition) is 1. The average Bonchev–Trinajstić information content (AvgIpc) is 2.93.